The number of rotatable bonds is 3. The largest absolute Gasteiger partial charge is 0.419 e. The Morgan fingerprint density at radius 3 is 2.57 bits per heavy atom. The molecule has 0 fully saturated rings. The number of nitrogens with one attached hydrogen (secondary N) is 1. The molecule has 0 unspecified atom stereocenters. The maximum Gasteiger partial charge on any atom is 0.419 e. The van der Waals surface area contributed by atoms with E-state index in [2.05, 4.69) is 9.97 Å². The highest BCUT2D eigenvalue weighted by Gasteiger charge is 2.34. The quantitative estimate of drug-likeness (QED) is 0.598. The summed E-state index contributed by atoms with van der Waals surface area (Å²) in [6.45, 7) is 0.931. The van der Waals surface area contributed by atoms with Crippen LogP contribution in [0, 0.1) is 5.82 Å². The predicted molar refractivity (Wildman–Crippen MR) is 105 cm³/mol. The van der Waals surface area contributed by atoms with Crippen molar-refractivity contribution in [2.24, 2.45) is 0 Å². The maximum atomic E-state index is 13.5. The second-order valence-electron chi connectivity index (χ2n) is 7.12. The summed E-state index contributed by atoms with van der Waals surface area (Å²) in [6, 6.07) is 9.89. The Bertz CT molecular complexity index is 1140. The molecule has 0 atom stereocenters. The Labute approximate surface area is 174 Å². The lowest BCUT2D eigenvalue weighted by atomic mass is 10.0. The summed E-state index contributed by atoms with van der Waals surface area (Å²) in [5, 5.41) is 0.573. The Morgan fingerprint density at radius 2 is 1.87 bits per heavy atom. The lowest BCUT2D eigenvalue weighted by Gasteiger charge is -2.28. The van der Waals surface area contributed by atoms with Crippen molar-refractivity contribution in [2.75, 3.05) is 6.54 Å². The summed E-state index contributed by atoms with van der Waals surface area (Å²) in [5.74, 6) is -0.858. The molecule has 0 amide bonds. The van der Waals surface area contributed by atoms with E-state index in [1.807, 2.05) is 4.90 Å². The predicted octanol–water partition coefficient (Wildman–Crippen LogP) is 4.81. The molecular formula is C21H16ClF4N3O. The lowest BCUT2D eigenvalue weighted by molar-refractivity contribution is -0.140. The van der Waals surface area contributed by atoms with Crippen LogP contribution in [0.5, 0.6) is 0 Å². The van der Waals surface area contributed by atoms with E-state index in [0.29, 0.717) is 40.6 Å². The molecule has 0 saturated heterocycles. The van der Waals surface area contributed by atoms with Crippen molar-refractivity contribution >= 4 is 11.6 Å². The number of benzene rings is 2. The minimum Gasteiger partial charge on any atom is -0.306 e. The van der Waals surface area contributed by atoms with Crippen LogP contribution in [-0.2, 0) is 25.7 Å². The van der Waals surface area contributed by atoms with Gasteiger partial charge in [0, 0.05) is 36.6 Å². The van der Waals surface area contributed by atoms with Gasteiger partial charge in [0.05, 0.1) is 16.8 Å². The molecule has 2 heterocycles. The fourth-order valence-corrected chi connectivity index (χ4v) is 3.63. The van der Waals surface area contributed by atoms with Crippen LogP contribution in [0.25, 0.3) is 11.4 Å². The van der Waals surface area contributed by atoms with Crippen molar-refractivity contribution < 1.29 is 17.6 Å². The summed E-state index contributed by atoms with van der Waals surface area (Å²) < 4.78 is 52.3. The van der Waals surface area contributed by atoms with Crippen molar-refractivity contribution in [3.63, 3.8) is 0 Å². The van der Waals surface area contributed by atoms with Gasteiger partial charge in [-0.15, -0.1) is 0 Å². The van der Waals surface area contributed by atoms with Gasteiger partial charge in [-0.1, -0.05) is 17.7 Å². The highest BCUT2D eigenvalue weighted by Crippen LogP contribution is 2.32. The SMILES string of the molecule is O=c1[nH]c(-c2ccc(Cl)cc2)nc2c1CN(Cc1ccc(F)c(C(F)(F)F)c1)CC2. The third-order valence-corrected chi connectivity index (χ3v) is 5.26. The van der Waals surface area contributed by atoms with Gasteiger partial charge in [-0.05, 0) is 42.0 Å². The van der Waals surface area contributed by atoms with Crippen LogP contribution in [0.15, 0.2) is 47.3 Å². The van der Waals surface area contributed by atoms with Gasteiger partial charge in [-0.3, -0.25) is 9.69 Å². The van der Waals surface area contributed by atoms with Crippen molar-refractivity contribution in [2.45, 2.75) is 25.7 Å². The number of hydrogen-bond donors (Lipinski definition) is 1. The zero-order valence-electron chi connectivity index (χ0n) is 15.6. The average molecular weight is 438 g/mol. The molecule has 1 N–H and O–H groups in total. The third-order valence-electron chi connectivity index (χ3n) is 5.01. The molecule has 9 heteroatoms. The molecule has 1 aliphatic rings. The molecule has 30 heavy (non-hydrogen) atoms. The molecule has 0 saturated carbocycles. The minimum absolute atomic E-state index is 0.168. The zero-order valence-corrected chi connectivity index (χ0v) is 16.3. The van der Waals surface area contributed by atoms with Gasteiger partial charge in [-0.2, -0.15) is 13.2 Å². The fraction of sp³-hybridized carbons (Fsp3) is 0.238. The van der Waals surface area contributed by atoms with Gasteiger partial charge >= 0.3 is 6.18 Å². The van der Waals surface area contributed by atoms with Crippen molar-refractivity contribution in [1.82, 2.24) is 14.9 Å². The first-order valence-corrected chi connectivity index (χ1v) is 9.54. The number of aromatic amines is 1. The number of halogens is 5. The molecule has 0 bridgehead atoms. The van der Waals surface area contributed by atoms with Gasteiger partial charge in [-0.25, -0.2) is 9.37 Å². The standard InChI is InChI=1S/C21H16ClF4N3O/c22-14-4-2-13(3-5-14)19-27-18-7-8-29(11-15(18)20(30)28-19)10-12-1-6-17(23)16(9-12)21(24,25)26/h1-6,9H,7-8,10-11H2,(H,27,28,30). The van der Waals surface area contributed by atoms with Gasteiger partial charge < -0.3 is 4.98 Å². The maximum absolute atomic E-state index is 13.5. The molecule has 156 valence electrons. The van der Waals surface area contributed by atoms with Crippen LogP contribution in [-0.4, -0.2) is 21.4 Å². The van der Waals surface area contributed by atoms with Crippen molar-refractivity contribution in [1.29, 1.82) is 0 Å². The molecule has 0 aliphatic carbocycles. The van der Waals surface area contributed by atoms with E-state index in [1.165, 1.54) is 6.07 Å². The highest BCUT2D eigenvalue weighted by atomic mass is 35.5. The zero-order chi connectivity index (χ0) is 21.5. The van der Waals surface area contributed by atoms with E-state index in [4.69, 9.17) is 11.6 Å². The minimum atomic E-state index is -4.76. The number of alkyl halides is 3. The summed E-state index contributed by atoms with van der Waals surface area (Å²) >= 11 is 5.89. The van der Waals surface area contributed by atoms with Crippen molar-refractivity contribution in [3.8, 4) is 11.4 Å². The van der Waals surface area contributed by atoms with Gasteiger partial charge in [0.25, 0.3) is 5.56 Å². The molecule has 2 aromatic carbocycles. The Balaban J connectivity index is 1.56. The molecular weight excluding hydrogens is 422 g/mol. The summed E-state index contributed by atoms with van der Waals surface area (Å²) in [5.41, 5.74) is 0.628. The second-order valence-corrected chi connectivity index (χ2v) is 7.56. The van der Waals surface area contributed by atoms with E-state index >= 15 is 0 Å². The number of fused-ring (bicyclic) bond motifs is 1. The number of H-pyrrole nitrogens is 1. The van der Waals surface area contributed by atoms with Crippen LogP contribution < -0.4 is 5.56 Å². The molecule has 4 nitrogen and oxygen atoms in total. The van der Waals surface area contributed by atoms with Gasteiger partial charge in [0.15, 0.2) is 0 Å². The van der Waals surface area contributed by atoms with Crippen LogP contribution >= 0.6 is 11.6 Å². The molecule has 4 rings (SSSR count). The normalized spacial score (nSPS) is 14.6. The first-order chi connectivity index (χ1) is 14.2. The van der Waals surface area contributed by atoms with E-state index in [0.717, 1.165) is 17.7 Å². The monoisotopic (exact) mass is 437 g/mol. The topological polar surface area (TPSA) is 49.0 Å². The number of hydrogen-bond acceptors (Lipinski definition) is 3. The number of nitrogens with zero attached hydrogens (tertiary/aromatic N) is 2. The van der Waals surface area contributed by atoms with Gasteiger partial charge in [0.2, 0.25) is 0 Å². The van der Waals surface area contributed by atoms with E-state index in [1.54, 1.807) is 24.3 Å². The summed E-state index contributed by atoms with van der Waals surface area (Å²) in [6.07, 6.45) is -4.28. The van der Waals surface area contributed by atoms with E-state index in [-0.39, 0.29) is 18.6 Å². The van der Waals surface area contributed by atoms with Crippen LogP contribution in [0.4, 0.5) is 17.6 Å². The van der Waals surface area contributed by atoms with Gasteiger partial charge in [0.1, 0.15) is 11.6 Å². The lowest BCUT2D eigenvalue weighted by Crippen LogP contribution is -2.35. The first kappa shape index (κ1) is 20.6. The first-order valence-electron chi connectivity index (χ1n) is 9.16. The smallest absolute Gasteiger partial charge is 0.306 e. The van der Waals surface area contributed by atoms with Crippen molar-refractivity contribution in [3.05, 3.63) is 86.0 Å². The molecule has 0 radical (unpaired) electrons. The Morgan fingerprint density at radius 1 is 1.13 bits per heavy atom. The van der Waals surface area contributed by atoms with Crippen LogP contribution in [0.1, 0.15) is 22.4 Å². The van der Waals surface area contributed by atoms with E-state index < -0.39 is 17.6 Å². The Hall–Kier alpha value is -2.71. The molecule has 3 aromatic rings. The highest BCUT2D eigenvalue weighted by molar-refractivity contribution is 6.30. The molecule has 1 aliphatic heterocycles. The van der Waals surface area contributed by atoms with Crippen LogP contribution in [0.3, 0.4) is 0 Å². The Kier molecular flexibility index (Phi) is 5.38. The molecule has 1 aromatic heterocycles. The number of aromatic nitrogens is 2. The summed E-state index contributed by atoms with van der Waals surface area (Å²) in [4.78, 5) is 21.8. The third kappa shape index (κ3) is 4.24. The van der Waals surface area contributed by atoms with E-state index in [9.17, 15) is 22.4 Å². The summed E-state index contributed by atoms with van der Waals surface area (Å²) in [7, 11) is 0. The average Bonchev–Trinajstić information content (AvgIpc) is 2.69. The fourth-order valence-electron chi connectivity index (χ4n) is 3.51. The van der Waals surface area contributed by atoms with Crippen LogP contribution in [0.2, 0.25) is 5.02 Å². The second kappa shape index (κ2) is 7.85. The molecule has 0 spiro atoms.